The number of rotatable bonds is 6. The number of tetrazole rings is 1. The summed E-state index contributed by atoms with van der Waals surface area (Å²) >= 11 is 0. The van der Waals surface area contributed by atoms with Gasteiger partial charge >= 0.3 is 6.18 Å². The van der Waals surface area contributed by atoms with Crippen molar-refractivity contribution in [2.45, 2.75) is 13.1 Å². The van der Waals surface area contributed by atoms with Crippen molar-refractivity contribution in [2.24, 2.45) is 0 Å². The Hall–Kier alpha value is -5.00. The number of amides is 1. The Morgan fingerprint density at radius 2 is 1.76 bits per heavy atom. The molecule has 0 spiro atoms. The van der Waals surface area contributed by atoms with Crippen LogP contribution in [0.25, 0.3) is 17.1 Å². The zero-order chi connectivity index (χ0) is 26.0. The van der Waals surface area contributed by atoms with Crippen LogP contribution in [0.2, 0.25) is 0 Å². The standard InChI is InChI=1S/C25H18F3N7O2/c1-15-12-22(35(32-15)19-6-3-5-18(14-19)25(26,27)28)29-24(36)17-4-2-7-21(13-17)37-20-10-8-16(9-11-20)23-30-33-34-31-23/h2-14H,1H3,(H,29,36)(H,30,31,33,34). The number of nitrogens with zero attached hydrogens (tertiary/aromatic N) is 5. The van der Waals surface area contributed by atoms with E-state index in [0.29, 0.717) is 23.0 Å². The van der Waals surface area contributed by atoms with Gasteiger partial charge in [-0.05, 0) is 72.8 Å². The van der Waals surface area contributed by atoms with E-state index in [0.717, 1.165) is 17.7 Å². The van der Waals surface area contributed by atoms with Gasteiger partial charge in [-0.15, -0.1) is 10.2 Å². The predicted molar refractivity (Wildman–Crippen MR) is 127 cm³/mol. The van der Waals surface area contributed by atoms with Crippen LogP contribution < -0.4 is 10.1 Å². The number of carbonyl (C=O) groups is 1. The molecule has 37 heavy (non-hydrogen) atoms. The maximum Gasteiger partial charge on any atom is 0.416 e. The number of hydrogen-bond donors (Lipinski definition) is 2. The second-order valence-electron chi connectivity index (χ2n) is 7.97. The summed E-state index contributed by atoms with van der Waals surface area (Å²) in [7, 11) is 0. The summed E-state index contributed by atoms with van der Waals surface area (Å²) in [4.78, 5) is 13.0. The molecular weight excluding hydrogens is 487 g/mol. The Balaban J connectivity index is 1.33. The second kappa shape index (κ2) is 9.57. The van der Waals surface area contributed by atoms with Crippen molar-refractivity contribution in [1.29, 1.82) is 0 Å². The van der Waals surface area contributed by atoms with Crippen molar-refractivity contribution in [3.63, 3.8) is 0 Å². The summed E-state index contributed by atoms with van der Waals surface area (Å²) in [6, 6.07) is 19.8. The van der Waals surface area contributed by atoms with E-state index in [1.54, 1.807) is 61.5 Å². The van der Waals surface area contributed by atoms with Crippen molar-refractivity contribution in [3.8, 4) is 28.6 Å². The summed E-state index contributed by atoms with van der Waals surface area (Å²) in [6.07, 6.45) is -4.50. The van der Waals surface area contributed by atoms with Crippen LogP contribution in [0.5, 0.6) is 11.5 Å². The van der Waals surface area contributed by atoms with Gasteiger partial charge < -0.3 is 10.1 Å². The van der Waals surface area contributed by atoms with Crippen LogP contribution in [0.1, 0.15) is 21.6 Å². The van der Waals surface area contributed by atoms with Crippen molar-refractivity contribution < 1.29 is 22.7 Å². The highest BCUT2D eigenvalue weighted by Crippen LogP contribution is 2.31. The third kappa shape index (κ3) is 5.32. The highest BCUT2D eigenvalue weighted by Gasteiger charge is 2.30. The summed E-state index contributed by atoms with van der Waals surface area (Å²) in [5.41, 5.74) is 0.913. The fourth-order valence-electron chi connectivity index (χ4n) is 3.58. The van der Waals surface area contributed by atoms with Crippen molar-refractivity contribution >= 4 is 11.7 Å². The van der Waals surface area contributed by atoms with Crippen LogP contribution in [0.4, 0.5) is 19.0 Å². The zero-order valence-electron chi connectivity index (χ0n) is 19.2. The highest BCUT2D eigenvalue weighted by molar-refractivity contribution is 6.04. The first kappa shape index (κ1) is 23.7. The third-order valence-corrected chi connectivity index (χ3v) is 5.28. The van der Waals surface area contributed by atoms with Crippen molar-refractivity contribution in [2.75, 3.05) is 5.32 Å². The largest absolute Gasteiger partial charge is 0.457 e. The third-order valence-electron chi connectivity index (χ3n) is 5.28. The van der Waals surface area contributed by atoms with Crippen LogP contribution in [-0.2, 0) is 6.18 Å². The van der Waals surface area contributed by atoms with E-state index in [1.807, 2.05) is 0 Å². The number of alkyl halides is 3. The molecular formula is C25H18F3N7O2. The average Bonchev–Trinajstić information content (AvgIpc) is 3.54. The lowest BCUT2D eigenvalue weighted by Crippen LogP contribution is -2.15. The first-order valence-corrected chi connectivity index (χ1v) is 10.9. The van der Waals surface area contributed by atoms with Gasteiger partial charge in [0.05, 0.1) is 16.9 Å². The highest BCUT2D eigenvalue weighted by atomic mass is 19.4. The molecule has 5 aromatic rings. The molecule has 0 bridgehead atoms. The number of ether oxygens (including phenoxy) is 1. The van der Waals surface area contributed by atoms with Crippen LogP contribution >= 0.6 is 0 Å². The van der Waals surface area contributed by atoms with Gasteiger partial charge in [-0.2, -0.15) is 23.5 Å². The summed E-state index contributed by atoms with van der Waals surface area (Å²) < 4.78 is 46.7. The van der Waals surface area contributed by atoms with Crippen molar-refractivity contribution in [1.82, 2.24) is 30.4 Å². The molecule has 0 radical (unpaired) electrons. The number of aryl methyl sites for hydroxylation is 1. The smallest absolute Gasteiger partial charge is 0.416 e. The van der Waals surface area contributed by atoms with Gasteiger partial charge in [0.25, 0.3) is 5.91 Å². The number of benzene rings is 3. The first-order valence-electron chi connectivity index (χ1n) is 10.9. The van der Waals surface area contributed by atoms with E-state index in [1.165, 1.54) is 16.8 Å². The van der Waals surface area contributed by atoms with E-state index in [-0.39, 0.29) is 17.1 Å². The SMILES string of the molecule is Cc1cc(NC(=O)c2cccc(Oc3ccc(-c4nn[nH]n4)cc3)c2)n(-c2cccc(C(F)(F)F)c2)n1. The Labute approximate surface area is 207 Å². The van der Waals surface area contributed by atoms with E-state index in [9.17, 15) is 18.0 Å². The van der Waals surface area contributed by atoms with Gasteiger partial charge in [-0.3, -0.25) is 4.79 Å². The summed E-state index contributed by atoms with van der Waals surface area (Å²) in [5.74, 6) is 1.15. The second-order valence-corrected chi connectivity index (χ2v) is 7.97. The number of aromatic amines is 1. The molecule has 2 aromatic heterocycles. The molecule has 186 valence electrons. The van der Waals surface area contributed by atoms with Gasteiger partial charge in [0.15, 0.2) is 0 Å². The van der Waals surface area contributed by atoms with Crippen LogP contribution in [0, 0.1) is 6.92 Å². The average molecular weight is 505 g/mol. The lowest BCUT2D eigenvalue weighted by atomic mass is 10.2. The molecule has 1 amide bonds. The van der Waals surface area contributed by atoms with Gasteiger partial charge in [-0.25, -0.2) is 4.68 Å². The van der Waals surface area contributed by atoms with Gasteiger partial charge in [-0.1, -0.05) is 12.1 Å². The first-order chi connectivity index (χ1) is 17.8. The minimum Gasteiger partial charge on any atom is -0.457 e. The number of anilines is 1. The van der Waals surface area contributed by atoms with Gasteiger partial charge in [0, 0.05) is 17.2 Å². The molecule has 0 atom stereocenters. The van der Waals surface area contributed by atoms with E-state index < -0.39 is 17.6 Å². The zero-order valence-corrected chi connectivity index (χ0v) is 19.2. The lowest BCUT2D eigenvalue weighted by Gasteiger charge is -2.12. The van der Waals surface area contributed by atoms with Gasteiger partial charge in [0.2, 0.25) is 5.82 Å². The van der Waals surface area contributed by atoms with E-state index in [2.05, 4.69) is 31.0 Å². The number of carbonyl (C=O) groups excluding carboxylic acids is 1. The van der Waals surface area contributed by atoms with Gasteiger partial charge in [0.1, 0.15) is 17.3 Å². The topological polar surface area (TPSA) is 111 Å². The van der Waals surface area contributed by atoms with E-state index in [4.69, 9.17) is 4.74 Å². The molecule has 3 aromatic carbocycles. The van der Waals surface area contributed by atoms with Crippen LogP contribution in [0.3, 0.4) is 0 Å². The minimum atomic E-state index is -4.50. The minimum absolute atomic E-state index is 0.166. The molecule has 0 unspecified atom stereocenters. The fraction of sp³-hybridized carbons (Fsp3) is 0.0800. The molecule has 0 fully saturated rings. The number of hydrogen-bond acceptors (Lipinski definition) is 6. The number of halogens is 3. The molecule has 2 N–H and O–H groups in total. The maximum atomic E-state index is 13.2. The Bertz CT molecular complexity index is 1550. The molecule has 0 aliphatic carbocycles. The Morgan fingerprint density at radius 3 is 2.49 bits per heavy atom. The fourth-order valence-corrected chi connectivity index (χ4v) is 3.58. The quantitative estimate of drug-likeness (QED) is 0.319. The molecule has 5 rings (SSSR count). The molecule has 0 saturated heterocycles. The van der Waals surface area contributed by atoms with Crippen LogP contribution in [-0.4, -0.2) is 36.3 Å². The predicted octanol–water partition coefficient (Wildman–Crippen LogP) is 5.42. The normalized spacial score (nSPS) is 11.4. The Morgan fingerprint density at radius 1 is 0.973 bits per heavy atom. The molecule has 9 nitrogen and oxygen atoms in total. The Kier molecular flexibility index (Phi) is 6.14. The monoisotopic (exact) mass is 505 g/mol. The maximum absolute atomic E-state index is 13.2. The molecule has 0 aliphatic heterocycles. The number of aromatic nitrogens is 6. The lowest BCUT2D eigenvalue weighted by molar-refractivity contribution is -0.137. The number of nitrogens with one attached hydrogen (secondary N) is 2. The molecule has 0 aliphatic rings. The molecule has 0 saturated carbocycles. The van der Waals surface area contributed by atoms with Crippen molar-refractivity contribution in [3.05, 3.63) is 95.7 Å². The van der Waals surface area contributed by atoms with E-state index >= 15 is 0 Å². The molecule has 12 heteroatoms. The number of H-pyrrole nitrogens is 1. The summed E-state index contributed by atoms with van der Waals surface area (Å²) in [6.45, 7) is 1.68. The molecule has 2 heterocycles. The summed E-state index contributed by atoms with van der Waals surface area (Å²) in [5, 5.41) is 20.7. The van der Waals surface area contributed by atoms with Crippen LogP contribution in [0.15, 0.2) is 78.9 Å².